The fraction of sp³-hybridized carbons (Fsp3) is 0.240. The third kappa shape index (κ3) is 7.17. The first kappa shape index (κ1) is 21.2. The summed E-state index contributed by atoms with van der Waals surface area (Å²) in [6.07, 6.45) is 1.03. The summed E-state index contributed by atoms with van der Waals surface area (Å²) in [4.78, 5) is 12.2. The van der Waals surface area contributed by atoms with E-state index in [1.165, 1.54) is 0 Å². The van der Waals surface area contributed by atoms with Gasteiger partial charge in [-0.1, -0.05) is 32.0 Å². The molecule has 1 amide bonds. The number of hydrogen-bond acceptors (Lipinski definition) is 4. The number of para-hydroxylation sites is 1. The van der Waals surface area contributed by atoms with Crippen LogP contribution < -0.4 is 20.1 Å². The van der Waals surface area contributed by atoms with Crippen LogP contribution >= 0.6 is 0 Å². The summed E-state index contributed by atoms with van der Waals surface area (Å²) in [5.41, 5.74) is 1.59. The summed E-state index contributed by atoms with van der Waals surface area (Å²) in [5, 5.41) is 5.99. The van der Waals surface area contributed by atoms with E-state index in [0.29, 0.717) is 18.3 Å². The Bertz CT molecular complexity index is 907. The maximum Gasteiger partial charge on any atom is 0.243 e. The minimum Gasteiger partial charge on any atom is -0.494 e. The molecule has 3 aromatic carbocycles. The highest BCUT2D eigenvalue weighted by Crippen LogP contribution is 2.22. The molecule has 0 radical (unpaired) electrons. The maximum absolute atomic E-state index is 12.2. The molecule has 2 N–H and O–H groups in total. The fourth-order valence-corrected chi connectivity index (χ4v) is 2.70. The molecule has 0 fully saturated rings. The van der Waals surface area contributed by atoms with Crippen LogP contribution in [0.25, 0.3) is 0 Å². The molecule has 3 rings (SSSR count). The normalized spacial score (nSPS) is 10.5. The van der Waals surface area contributed by atoms with Crippen LogP contribution in [0.3, 0.4) is 0 Å². The molecule has 0 saturated carbocycles. The zero-order chi connectivity index (χ0) is 21.2. The molecule has 156 valence electrons. The molecule has 0 aliphatic carbocycles. The molecule has 30 heavy (non-hydrogen) atoms. The van der Waals surface area contributed by atoms with Crippen LogP contribution in [0.1, 0.15) is 20.3 Å². The van der Waals surface area contributed by atoms with E-state index < -0.39 is 0 Å². The number of amides is 1. The van der Waals surface area contributed by atoms with Gasteiger partial charge in [0.15, 0.2) is 0 Å². The Morgan fingerprint density at radius 1 is 0.800 bits per heavy atom. The average molecular weight is 405 g/mol. The second-order valence-corrected chi connectivity index (χ2v) is 7.40. The highest BCUT2D eigenvalue weighted by molar-refractivity contribution is 5.93. The van der Waals surface area contributed by atoms with Crippen molar-refractivity contribution in [2.75, 3.05) is 23.8 Å². The molecule has 0 aromatic heterocycles. The van der Waals surface area contributed by atoms with Crippen molar-refractivity contribution in [1.82, 2.24) is 0 Å². The number of hydrogen-bond donors (Lipinski definition) is 2. The third-order valence-electron chi connectivity index (χ3n) is 4.39. The number of benzene rings is 3. The summed E-state index contributed by atoms with van der Waals surface area (Å²) in [5.74, 6) is 2.83. The number of ether oxygens (including phenoxy) is 2. The molecule has 0 aliphatic heterocycles. The SMILES string of the molecule is CC(C)CCOc1ccc(NCC(=O)Nc2ccc(Oc3ccccc3)cc2)cc1. The monoisotopic (exact) mass is 404 g/mol. The minimum absolute atomic E-state index is 0.121. The van der Waals surface area contributed by atoms with Gasteiger partial charge in [-0.25, -0.2) is 0 Å². The molecule has 0 aliphatic rings. The van der Waals surface area contributed by atoms with Gasteiger partial charge in [0.05, 0.1) is 13.2 Å². The lowest BCUT2D eigenvalue weighted by molar-refractivity contribution is -0.114. The van der Waals surface area contributed by atoms with Gasteiger partial charge >= 0.3 is 0 Å². The van der Waals surface area contributed by atoms with E-state index in [2.05, 4.69) is 24.5 Å². The third-order valence-corrected chi connectivity index (χ3v) is 4.39. The first-order valence-electron chi connectivity index (χ1n) is 10.2. The van der Waals surface area contributed by atoms with Crippen molar-refractivity contribution in [3.8, 4) is 17.2 Å². The number of anilines is 2. The Labute approximate surface area is 178 Å². The van der Waals surface area contributed by atoms with E-state index >= 15 is 0 Å². The molecule has 5 heteroatoms. The van der Waals surface area contributed by atoms with Gasteiger partial charge in [0, 0.05) is 11.4 Å². The van der Waals surface area contributed by atoms with Crippen molar-refractivity contribution < 1.29 is 14.3 Å². The van der Waals surface area contributed by atoms with E-state index in [-0.39, 0.29) is 12.5 Å². The Kier molecular flexibility index (Phi) is 7.72. The molecule has 5 nitrogen and oxygen atoms in total. The molecule has 0 saturated heterocycles. The van der Waals surface area contributed by atoms with Gasteiger partial charge in [0.2, 0.25) is 5.91 Å². The summed E-state index contributed by atoms with van der Waals surface area (Å²) in [6.45, 7) is 5.24. The second kappa shape index (κ2) is 10.9. The second-order valence-electron chi connectivity index (χ2n) is 7.40. The minimum atomic E-state index is -0.121. The van der Waals surface area contributed by atoms with Crippen LogP contribution in [0.5, 0.6) is 17.2 Å². The van der Waals surface area contributed by atoms with Crippen LogP contribution in [-0.2, 0) is 4.79 Å². The highest BCUT2D eigenvalue weighted by Gasteiger charge is 2.04. The molecule has 3 aromatic rings. The first-order valence-corrected chi connectivity index (χ1v) is 10.2. The first-order chi connectivity index (χ1) is 14.6. The van der Waals surface area contributed by atoms with Crippen molar-refractivity contribution in [3.05, 3.63) is 78.9 Å². The molecule has 0 atom stereocenters. The molecule has 0 spiro atoms. The van der Waals surface area contributed by atoms with Gasteiger partial charge in [-0.3, -0.25) is 4.79 Å². The number of carbonyl (C=O) groups excluding carboxylic acids is 1. The lowest BCUT2D eigenvalue weighted by Crippen LogP contribution is -2.21. The predicted molar refractivity (Wildman–Crippen MR) is 121 cm³/mol. The summed E-state index contributed by atoms with van der Waals surface area (Å²) >= 11 is 0. The molecular formula is C25H28N2O3. The van der Waals surface area contributed by atoms with Gasteiger partial charge in [0.1, 0.15) is 17.2 Å². The van der Waals surface area contributed by atoms with E-state index in [1.54, 1.807) is 0 Å². The van der Waals surface area contributed by atoms with E-state index in [0.717, 1.165) is 29.3 Å². The topological polar surface area (TPSA) is 59.6 Å². The zero-order valence-electron chi connectivity index (χ0n) is 17.4. The van der Waals surface area contributed by atoms with Crippen LogP contribution in [0.4, 0.5) is 11.4 Å². The lowest BCUT2D eigenvalue weighted by atomic mass is 10.1. The Hall–Kier alpha value is -3.47. The van der Waals surface area contributed by atoms with Gasteiger partial charge in [0.25, 0.3) is 0 Å². The Morgan fingerprint density at radius 2 is 1.40 bits per heavy atom. The summed E-state index contributed by atoms with van der Waals surface area (Å²) < 4.78 is 11.5. The van der Waals surface area contributed by atoms with Crippen molar-refractivity contribution in [2.45, 2.75) is 20.3 Å². The van der Waals surface area contributed by atoms with E-state index in [9.17, 15) is 4.79 Å². The van der Waals surface area contributed by atoms with E-state index in [4.69, 9.17) is 9.47 Å². The average Bonchev–Trinajstić information content (AvgIpc) is 2.75. The predicted octanol–water partition coefficient (Wildman–Crippen LogP) is 5.95. The lowest BCUT2D eigenvalue weighted by Gasteiger charge is -2.11. The van der Waals surface area contributed by atoms with Crippen molar-refractivity contribution in [1.29, 1.82) is 0 Å². The van der Waals surface area contributed by atoms with Crippen LogP contribution in [0.15, 0.2) is 78.9 Å². The van der Waals surface area contributed by atoms with Crippen LogP contribution in [0.2, 0.25) is 0 Å². The standard InChI is InChI=1S/C25H28N2O3/c1-19(2)16-17-29-22-12-8-20(9-13-22)26-18-25(28)27-21-10-14-24(15-11-21)30-23-6-4-3-5-7-23/h3-15,19,26H,16-18H2,1-2H3,(H,27,28). The van der Waals surface area contributed by atoms with Gasteiger partial charge in [-0.15, -0.1) is 0 Å². The highest BCUT2D eigenvalue weighted by atomic mass is 16.5. The zero-order valence-corrected chi connectivity index (χ0v) is 17.4. The molecular weight excluding hydrogens is 376 g/mol. The Balaban J connectivity index is 1.42. The van der Waals surface area contributed by atoms with Crippen molar-refractivity contribution in [2.24, 2.45) is 5.92 Å². The Morgan fingerprint density at radius 3 is 2.07 bits per heavy atom. The van der Waals surface area contributed by atoms with Crippen molar-refractivity contribution >= 4 is 17.3 Å². The van der Waals surface area contributed by atoms with Gasteiger partial charge in [-0.05, 0) is 73.0 Å². The fourth-order valence-electron chi connectivity index (χ4n) is 2.70. The van der Waals surface area contributed by atoms with Crippen LogP contribution in [0, 0.1) is 5.92 Å². The maximum atomic E-state index is 12.2. The van der Waals surface area contributed by atoms with Crippen molar-refractivity contribution in [3.63, 3.8) is 0 Å². The van der Waals surface area contributed by atoms with E-state index in [1.807, 2.05) is 78.9 Å². The smallest absolute Gasteiger partial charge is 0.243 e. The molecule has 0 bridgehead atoms. The van der Waals surface area contributed by atoms with Crippen LogP contribution in [-0.4, -0.2) is 19.1 Å². The molecule has 0 heterocycles. The number of nitrogens with one attached hydrogen (secondary N) is 2. The summed E-state index contributed by atoms with van der Waals surface area (Å²) in [7, 11) is 0. The van der Waals surface area contributed by atoms with Gasteiger partial charge < -0.3 is 20.1 Å². The van der Waals surface area contributed by atoms with Gasteiger partial charge in [-0.2, -0.15) is 0 Å². The number of carbonyl (C=O) groups is 1. The number of rotatable bonds is 10. The summed E-state index contributed by atoms with van der Waals surface area (Å²) in [6, 6.07) is 24.5. The molecule has 0 unspecified atom stereocenters. The quantitative estimate of drug-likeness (QED) is 0.438. The largest absolute Gasteiger partial charge is 0.494 e.